The minimum absolute atomic E-state index is 0.0715. The Kier molecular flexibility index (Phi) is 3.73. The smallest absolute Gasteiger partial charge is 0.222 e. The molecule has 98 valence electrons. The normalized spacial score (nSPS) is 32.6. The van der Waals surface area contributed by atoms with Crippen molar-refractivity contribution in [3.8, 4) is 0 Å². The molecule has 2 rings (SSSR count). The minimum Gasteiger partial charge on any atom is -0.341 e. The van der Waals surface area contributed by atoms with Gasteiger partial charge in [0, 0.05) is 25.6 Å². The number of carbonyl (C=O) groups is 1. The molecule has 6 heteroatoms. The van der Waals surface area contributed by atoms with Crippen molar-refractivity contribution in [1.82, 2.24) is 4.90 Å². The van der Waals surface area contributed by atoms with Crippen molar-refractivity contribution >= 4 is 15.7 Å². The second-order valence-corrected chi connectivity index (χ2v) is 7.40. The Morgan fingerprint density at radius 3 is 2.41 bits per heavy atom. The molecular weight excluding hydrogens is 240 g/mol. The van der Waals surface area contributed by atoms with E-state index in [1.165, 1.54) is 0 Å². The van der Waals surface area contributed by atoms with E-state index in [0.29, 0.717) is 25.4 Å². The molecule has 2 aliphatic rings. The molecule has 1 saturated carbocycles. The van der Waals surface area contributed by atoms with Gasteiger partial charge in [-0.15, -0.1) is 0 Å². The summed E-state index contributed by atoms with van der Waals surface area (Å²) >= 11 is 0. The van der Waals surface area contributed by atoms with Crippen LogP contribution in [-0.4, -0.2) is 49.9 Å². The van der Waals surface area contributed by atoms with Crippen LogP contribution < -0.4 is 5.73 Å². The van der Waals surface area contributed by atoms with Crippen molar-refractivity contribution in [2.75, 3.05) is 24.6 Å². The van der Waals surface area contributed by atoms with E-state index in [1.54, 1.807) is 4.90 Å². The van der Waals surface area contributed by atoms with Gasteiger partial charge in [-0.25, -0.2) is 8.42 Å². The van der Waals surface area contributed by atoms with Gasteiger partial charge in [0.15, 0.2) is 9.84 Å². The maximum absolute atomic E-state index is 12.0. The predicted molar refractivity (Wildman–Crippen MR) is 65.2 cm³/mol. The lowest BCUT2D eigenvalue weighted by Crippen LogP contribution is -2.44. The average molecular weight is 260 g/mol. The number of hydrogen-bond donors (Lipinski definition) is 1. The van der Waals surface area contributed by atoms with E-state index in [-0.39, 0.29) is 23.5 Å². The average Bonchev–Trinajstić information content (AvgIpc) is 2.64. The number of sulfone groups is 1. The van der Waals surface area contributed by atoms with Crippen LogP contribution in [0.15, 0.2) is 0 Å². The number of hydrogen-bond acceptors (Lipinski definition) is 4. The summed E-state index contributed by atoms with van der Waals surface area (Å²) in [5.41, 5.74) is 5.93. The van der Waals surface area contributed by atoms with Crippen LogP contribution in [-0.2, 0) is 14.6 Å². The number of rotatable bonds is 2. The molecule has 1 heterocycles. The Morgan fingerprint density at radius 2 is 1.88 bits per heavy atom. The van der Waals surface area contributed by atoms with Gasteiger partial charge in [-0.3, -0.25) is 4.79 Å². The van der Waals surface area contributed by atoms with Crippen molar-refractivity contribution in [3.05, 3.63) is 0 Å². The SMILES string of the molecule is N[C@@H]1CCC[C@H]1CC(=O)N1CCS(=O)(=O)CC1. The molecule has 17 heavy (non-hydrogen) atoms. The summed E-state index contributed by atoms with van der Waals surface area (Å²) < 4.78 is 22.5. The highest BCUT2D eigenvalue weighted by molar-refractivity contribution is 7.91. The molecule has 0 spiro atoms. The summed E-state index contributed by atoms with van der Waals surface area (Å²) in [6.45, 7) is 0.701. The van der Waals surface area contributed by atoms with Gasteiger partial charge in [-0.2, -0.15) is 0 Å². The van der Waals surface area contributed by atoms with E-state index in [2.05, 4.69) is 0 Å². The van der Waals surface area contributed by atoms with Crippen LogP contribution in [0.25, 0.3) is 0 Å². The molecule has 2 fully saturated rings. The third kappa shape index (κ3) is 3.19. The number of nitrogens with zero attached hydrogens (tertiary/aromatic N) is 1. The van der Waals surface area contributed by atoms with Crippen molar-refractivity contribution in [2.24, 2.45) is 11.7 Å². The van der Waals surface area contributed by atoms with Crippen LogP contribution in [0, 0.1) is 5.92 Å². The molecule has 0 aromatic rings. The van der Waals surface area contributed by atoms with Gasteiger partial charge < -0.3 is 10.6 Å². The predicted octanol–water partition coefficient (Wildman–Crippen LogP) is -0.239. The van der Waals surface area contributed by atoms with Crippen LogP contribution >= 0.6 is 0 Å². The van der Waals surface area contributed by atoms with Crippen molar-refractivity contribution < 1.29 is 13.2 Å². The van der Waals surface area contributed by atoms with Crippen molar-refractivity contribution in [2.45, 2.75) is 31.7 Å². The van der Waals surface area contributed by atoms with Gasteiger partial charge in [-0.05, 0) is 18.8 Å². The number of carbonyl (C=O) groups excluding carboxylic acids is 1. The zero-order chi connectivity index (χ0) is 12.5. The van der Waals surface area contributed by atoms with Crippen LogP contribution in [0.2, 0.25) is 0 Å². The summed E-state index contributed by atoms with van der Waals surface area (Å²) in [7, 11) is -2.91. The quantitative estimate of drug-likeness (QED) is 0.743. The largest absolute Gasteiger partial charge is 0.341 e. The van der Waals surface area contributed by atoms with E-state index >= 15 is 0 Å². The van der Waals surface area contributed by atoms with Gasteiger partial charge in [0.2, 0.25) is 5.91 Å². The molecular formula is C11H20N2O3S. The molecule has 1 amide bonds. The molecule has 2 N–H and O–H groups in total. The first-order valence-electron chi connectivity index (χ1n) is 6.22. The highest BCUT2D eigenvalue weighted by Crippen LogP contribution is 2.27. The van der Waals surface area contributed by atoms with Crippen LogP contribution in [0.1, 0.15) is 25.7 Å². The van der Waals surface area contributed by atoms with E-state index in [9.17, 15) is 13.2 Å². The second-order valence-electron chi connectivity index (χ2n) is 5.09. The lowest BCUT2D eigenvalue weighted by molar-refractivity contribution is -0.131. The van der Waals surface area contributed by atoms with E-state index < -0.39 is 9.84 Å². The van der Waals surface area contributed by atoms with E-state index in [0.717, 1.165) is 19.3 Å². The van der Waals surface area contributed by atoms with Crippen LogP contribution in [0.5, 0.6) is 0 Å². The molecule has 1 aliphatic carbocycles. The molecule has 5 nitrogen and oxygen atoms in total. The third-order valence-corrected chi connectivity index (χ3v) is 5.46. The molecule has 0 radical (unpaired) electrons. The van der Waals surface area contributed by atoms with Crippen molar-refractivity contribution in [1.29, 1.82) is 0 Å². The topological polar surface area (TPSA) is 80.5 Å². The molecule has 0 aromatic heterocycles. The van der Waals surface area contributed by atoms with Gasteiger partial charge in [-0.1, -0.05) is 6.42 Å². The molecule has 0 bridgehead atoms. The first-order chi connectivity index (χ1) is 7.98. The molecule has 0 unspecified atom stereocenters. The highest BCUT2D eigenvalue weighted by atomic mass is 32.2. The van der Waals surface area contributed by atoms with Gasteiger partial charge in [0.25, 0.3) is 0 Å². The maximum Gasteiger partial charge on any atom is 0.222 e. The zero-order valence-corrected chi connectivity index (χ0v) is 10.8. The standard InChI is InChI=1S/C11H20N2O3S/c12-10-3-1-2-9(10)8-11(14)13-4-6-17(15,16)7-5-13/h9-10H,1-8,12H2/t9-,10+/m0/s1. The summed E-state index contributed by atoms with van der Waals surface area (Å²) in [6.07, 6.45) is 3.63. The summed E-state index contributed by atoms with van der Waals surface area (Å²) in [6, 6.07) is 0.146. The molecule has 2 atom stereocenters. The van der Waals surface area contributed by atoms with Crippen molar-refractivity contribution in [3.63, 3.8) is 0 Å². The Balaban J connectivity index is 1.85. The molecule has 1 aliphatic heterocycles. The van der Waals surface area contributed by atoms with E-state index in [4.69, 9.17) is 5.73 Å². The Hall–Kier alpha value is -0.620. The lowest BCUT2D eigenvalue weighted by Gasteiger charge is -2.28. The van der Waals surface area contributed by atoms with Crippen LogP contribution in [0.3, 0.4) is 0 Å². The van der Waals surface area contributed by atoms with Gasteiger partial charge in [0.1, 0.15) is 0 Å². The molecule has 0 aromatic carbocycles. The third-order valence-electron chi connectivity index (χ3n) is 3.85. The summed E-state index contributed by atoms with van der Waals surface area (Å²) in [4.78, 5) is 13.7. The monoisotopic (exact) mass is 260 g/mol. The Labute approximate surface area is 102 Å². The maximum atomic E-state index is 12.0. The zero-order valence-electron chi connectivity index (χ0n) is 9.97. The number of amides is 1. The summed E-state index contributed by atoms with van der Waals surface area (Å²) in [5.74, 6) is 0.577. The second kappa shape index (κ2) is 4.94. The summed E-state index contributed by atoms with van der Waals surface area (Å²) in [5, 5.41) is 0. The molecule has 1 saturated heterocycles. The highest BCUT2D eigenvalue weighted by Gasteiger charge is 2.30. The van der Waals surface area contributed by atoms with E-state index in [1.807, 2.05) is 0 Å². The first-order valence-corrected chi connectivity index (χ1v) is 8.04. The fraction of sp³-hybridized carbons (Fsp3) is 0.909. The van der Waals surface area contributed by atoms with Gasteiger partial charge >= 0.3 is 0 Å². The Bertz CT molecular complexity index is 380. The Morgan fingerprint density at radius 1 is 1.24 bits per heavy atom. The lowest BCUT2D eigenvalue weighted by atomic mass is 9.99. The minimum atomic E-state index is -2.91. The fourth-order valence-corrected chi connectivity index (χ4v) is 3.84. The first kappa shape index (κ1) is 12.8. The fourth-order valence-electron chi connectivity index (χ4n) is 2.63. The number of nitrogens with two attached hydrogens (primary N) is 1. The van der Waals surface area contributed by atoms with Gasteiger partial charge in [0.05, 0.1) is 11.5 Å². The van der Waals surface area contributed by atoms with Crippen LogP contribution in [0.4, 0.5) is 0 Å².